The van der Waals surface area contributed by atoms with Gasteiger partial charge >= 0.3 is 0 Å². The van der Waals surface area contributed by atoms with Crippen molar-refractivity contribution in [2.45, 2.75) is 13.3 Å². The maximum absolute atomic E-state index is 14.0. The van der Waals surface area contributed by atoms with Crippen LogP contribution >= 0.6 is 11.3 Å². The molecule has 3 rings (SSSR count). The highest BCUT2D eigenvalue weighted by atomic mass is 32.1. The summed E-state index contributed by atoms with van der Waals surface area (Å²) < 4.78 is 28.7. The number of hydrogen-bond acceptors (Lipinski definition) is 4. The van der Waals surface area contributed by atoms with Gasteiger partial charge in [-0.15, -0.1) is 11.3 Å². The van der Waals surface area contributed by atoms with Gasteiger partial charge in [-0.1, -0.05) is 19.1 Å². The van der Waals surface area contributed by atoms with Gasteiger partial charge in [0.1, 0.15) is 28.4 Å². The molecule has 7 heteroatoms. The highest BCUT2D eigenvalue weighted by Gasteiger charge is 2.12. The molecule has 2 aromatic carbocycles. The summed E-state index contributed by atoms with van der Waals surface area (Å²) in [5, 5.41) is 18.5. The summed E-state index contributed by atoms with van der Waals surface area (Å²) in [4.78, 5) is 13.0. The highest BCUT2D eigenvalue weighted by molar-refractivity contribution is 7.07. The maximum atomic E-state index is 14.0. The molecule has 3 aromatic rings. The molecule has 28 heavy (non-hydrogen) atoms. The lowest BCUT2D eigenvalue weighted by molar-refractivity contribution is 0.581. The third-order valence-corrected chi connectivity index (χ3v) is 5.21. The van der Waals surface area contributed by atoms with Crippen LogP contribution in [0, 0.1) is 34.3 Å². The number of hydrogen-bond donors (Lipinski definition) is 0. The van der Waals surface area contributed by atoms with Crippen molar-refractivity contribution >= 4 is 23.0 Å². The van der Waals surface area contributed by atoms with Crippen molar-refractivity contribution in [2.24, 2.45) is 0 Å². The molecule has 0 spiro atoms. The molecule has 0 fully saturated rings. The fourth-order valence-corrected chi connectivity index (χ4v) is 3.69. The van der Waals surface area contributed by atoms with Crippen molar-refractivity contribution in [3.8, 4) is 17.8 Å². The first-order valence-corrected chi connectivity index (χ1v) is 9.12. The molecule has 138 valence electrons. The van der Waals surface area contributed by atoms with Crippen LogP contribution in [0.4, 0.5) is 8.78 Å². The second kappa shape index (κ2) is 7.99. The SMILES string of the molecule is CCc1ccc(-n2c(=C(C#N)C#N)s/c(=C/c3ccc(F)cc3F)c2=O)cc1. The second-order valence-electron chi connectivity index (χ2n) is 5.84. The van der Waals surface area contributed by atoms with Crippen molar-refractivity contribution in [1.82, 2.24) is 4.57 Å². The molecule has 0 bridgehead atoms. The molecule has 0 aliphatic rings. The van der Waals surface area contributed by atoms with Crippen LogP contribution in [-0.4, -0.2) is 4.57 Å². The van der Waals surface area contributed by atoms with Crippen LogP contribution in [0.1, 0.15) is 18.1 Å². The minimum atomic E-state index is -0.807. The molecule has 0 saturated carbocycles. The monoisotopic (exact) mass is 393 g/mol. The largest absolute Gasteiger partial charge is 0.273 e. The molecule has 0 amide bonds. The van der Waals surface area contributed by atoms with Gasteiger partial charge in [0, 0.05) is 11.6 Å². The number of nitriles is 2. The second-order valence-corrected chi connectivity index (χ2v) is 6.87. The van der Waals surface area contributed by atoms with Gasteiger partial charge < -0.3 is 0 Å². The third-order valence-electron chi connectivity index (χ3n) is 4.11. The third kappa shape index (κ3) is 3.62. The van der Waals surface area contributed by atoms with Gasteiger partial charge in [0.2, 0.25) is 0 Å². The average Bonchev–Trinajstić information content (AvgIpc) is 3.01. The van der Waals surface area contributed by atoms with Crippen molar-refractivity contribution in [3.63, 3.8) is 0 Å². The van der Waals surface area contributed by atoms with E-state index in [2.05, 4.69) is 0 Å². The quantitative estimate of drug-likeness (QED) is 0.687. The fraction of sp³-hybridized carbons (Fsp3) is 0.0952. The van der Waals surface area contributed by atoms with Gasteiger partial charge in [0.05, 0.1) is 10.2 Å². The lowest BCUT2D eigenvalue weighted by Crippen LogP contribution is -2.30. The van der Waals surface area contributed by atoms with E-state index in [-0.39, 0.29) is 20.3 Å². The number of aromatic nitrogens is 1. The zero-order valence-electron chi connectivity index (χ0n) is 14.7. The number of halogens is 2. The van der Waals surface area contributed by atoms with Crippen LogP contribution in [0.5, 0.6) is 0 Å². The molecule has 0 aliphatic carbocycles. The van der Waals surface area contributed by atoms with Crippen LogP contribution in [0.2, 0.25) is 0 Å². The standard InChI is InChI=1S/C21H13F2N3OS/c1-2-13-3-7-17(8-4-13)26-20(27)19(28-21(26)15(11-24)12-25)9-14-5-6-16(22)10-18(14)23/h3-10H,2H2,1H3/b19-9+. The van der Waals surface area contributed by atoms with Gasteiger partial charge in [0.25, 0.3) is 5.56 Å². The van der Waals surface area contributed by atoms with Gasteiger partial charge in [-0.3, -0.25) is 9.36 Å². The van der Waals surface area contributed by atoms with E-state index in [1.165, 1.54) is 16.7 Å². The molecule has 0 N–H and O–H groups in total. The molecule has 4 nitrogen and oxygen atoms in total. The first kappa shape index (κ1) is 19.2. The van der Waals surface area contributed by atoms with E-state index in [9.17, 15) is 24.1 Å². The van der Waals surface area contributed by atoms with E-state index in [4.69, 9.17) is 0 Å². The minimum absolute atomic E-state index is 0.0373. The van der Waals surface area contributed by atoms with Gasteiger partial charge in [0.15, 0.2) is 5.57 Å². The van der Waals surface area contributed by atoms with E-state index >= 15 is 0 Å². The van der Waals surface area contributed by atoms with Gasteiger partial charge in [-0.2, -0.15) is 10.5 Å². The maximum Gasteiger partial charge on any atom is 0.273 e. The van der Waals surface area contributed by atoms with E-state index in [0.29, 0.717) is 5.69 Å². The molecular formula is C21H13F2N3OS. The van der Waals surface area contributed by atoms with Crippen LogP contribution in [-0.2, 0) is 6.42 Å². The molecule has 1 heterocycles. The van der Waals surface area contributed by atoms with Crippen LogP contribution in [0.25, 0.3) is 17.3 Å². The average molecular weight is 393 g/mol. The zero-order chi connectivity index (χ0) is 20.3. The van der Waals surface area contributed by atoms with E-state index in [1.54, 1.807) is 24.3 Å². The topological polar surface area (TPSA) is 69.6 Å². The Balaban J connectivity index is 2.35. The summed E-state index contributed by atoms with van der Waals surface area (Å²) >= 11 is 0.908. The molecular weight excluding hydrogens is 380 g/mol. The number of thiazole rings is 1. The summed E-state index contributed by atoms with van der Waals surface area (Å²) in [7, 11) is 0. The summed E-state index contributed by atoms with van der Waals surface area (Å²) in [5.41, 5.74) is 0.890. The van der Waals surface area contributed by atoms with Gasteiger partial charge in [-0.05, 0) is 42.3 Å². The summed E-state index contributed by atoms with van der Waals surface area (Å²) in [5.74, 6) is -1.53. The van der Waals surface area contributed by atoms with E-state index in [0.717, 1.165) is 35.5 Å². The highest BCUT2D eigenvalue weighted by Crippen LogP contribution is 2.11. The Bertz CT molecular complexity index is 1290. The van der Waals surface area contributed by atoms with Crippen molar-refractivity contribution in [2.75, 3.05) is 0 Å². The number of aryl methyl sites for hydroxylation is 1. The fourth-order valence-electron chi connectivity index (χ4n) is 2.65. The van der Waals surface area contributed by atoms with Crippen LogP contribution in [0.3, 0.4) is 0 Å². The van der Waals surface area contributed by atoms with Crippen molar-refractivity contribution in [1.29, 1.82) is 10.5 Å². The predicted molar refractivity (Wildman–Crippen MR) is 103 cm³/mol. The lowest BCUT2D eigenvalue weighted by Gasteiger charge is -2.03. The molecule has 0 atom stereocenters. The Kier molecular flexibility index (Phi) is 5.49. The van der Waals surface area contributed by atoms with E-state index in [1.807, 2.05) is 19.1 Å². The molecule has 0 unspecified atom stereocenters. The number of nitrogens with zero attached hydrogens (tertiary/aromatic N) is 3. The van der Waals surface area contributed by atoms with Crippen molar-refractivity contribution in [3.05, 3.63) is 84.8 Å². The van der Waals surface area contributed by atoms with Gasteiger partial charge in [-0.25, -0.2) is 8.78 Å². The Morgan fingerprint density at radius 2 is 1.82 bits per heavy atom. The summed E-state index contributed by atoms with van der Waals surface area (Å²) in [6, 6.07) is 13.8. The summed E-state index contributed by atoms with van der Waals surface area (Å²) in [6.45, 7) is 2.00. The first-order chi connectivity index (χ1) is 13.5. The smallest absolute Gasteiger partial charge is 0.267 e. The Morgan fingerprint density at radius 3 is 2.39 bits per heavy atom. The predicted octanol–water partition coefficient (Wildman–Crippen LogP) is 2.77. The minimum Gasteiger partial charge on any atom is -0.267 e. The summed E-state index contributed by atoms with van der Waals surface area (Å²) in [6.07, 6.45) is 2.11. The van der Waals surface area contributed by atoms with Crippen LogP contribution < -0.4 is 14.8 Å². The Morgan fingerprint density at radius 1 is 1.14 bits per heavy atom. The molecule has 0 aliphatic heterocycles. The number of rotatable bonds is 3. The zero-order valence-corrected chi connectivity index (χ0v) is 15.6. The van der Waals surface area contributed by atoms with Crippen molar-refractivity contribution < 1.29 is 8.78 Å². The Labute approximate surface area is 163 Å². The molecule has 0 radical (unpaired) electrons. The molecule has 0 saturated heterocycles. The first-order valence-electron chi connectivity index (χ1n) is 8.31. The normalized spacial score (nSPS) is 11.1. The number of benzene rings is 2. The Hall–Kier alpha value is -3.55. The van der Waals surface area contributed by atoms with E-state index < -0.39 is 17.2 Å². The molecule has 1 aromatic heterocycles. The lowest BCUT2D eigenvalue weighted by atomic mass is 10.1. The van der Waals surface area contributed by atoms with Crippen LogP contribution in [0.15, 0.2) is 47.3 Å².